The lowest BCUT2D eigenvalue weighted by Gasteiger charge is -2.28. The molecule has 0 atom stereocenters. The number of rotatable bonds is 11. The summed E-state index contributed by atoms with van der Waals surface area (Å²) in [5.41, 5.74) is 20.3. The molecule has 2 aliphatic carbocycles. The van der Waals surface area contributed by atoms with Crippen molar-refractivity contribution in [2.75, 3.05) is 46.4 Å². The average molecular weight is 965 g/mol. The first-order chi connectivity index (χ1) is 32.5. The van der Waals surface area contributed by atoms with E-state index in [4.69, 9.17) is 15.3 Å². The number of hydrogen-bond donors (Lipinski definition) is 3. The van der Waals surface area contributed by atoms with E-state index in [1.165, 1.54) is 39.3 Å². The van der Waals surface area contributed by atoms with Gasteiger partial charge in [-0.2, -0.15) is 5.06 Å². The number of allylic oxidation sites excluding steroid dienone is 8. The molecular weight excluding hydrogens is 897 g/mol. The van der Waals surface area contributed by atoms with Crippen LogP contribution >= 0.6 is 22.7 Å². The Morgan fingerprint density at radius 3 is 1.68 bits per heavy atom. The highest BCUT2D eigenvalue weighted by Gasteiger charge is 2.25. The van der Waals surface area contributed by atoms with Crippen LogP contribution in [0.15, 0.2) is 97.8 Å². The van der Waals surface area contributed by atoms with Crippen molar-refractivity contribution in [1.82, 2.24) is 15.4 Å². The Hall–Kier alpha value is -5.35. The molecule has 0 radical (unpaired) electrons. The molecule has 3 aromatic rings. The summed E-state index contributed by atoms with van der Waals surface area (Å²) < 4.78 is 4.87. The van der Waals surface area contributed by atoms with Crippen LogP contribution in [0.2, 0.25) is 0 Å². The molecule has 14 heteroatoms. The molecule has 4 N–H and O–H groups in total. The van der Waals surface area contributed by atoms with Gasteiger partial charge in [-0.25, -0.2) is 9.59 Å². The number of thiophene rings is 2. The van der Waals surface area contributed by atoms with Gasteiger partial charge in [0, 0.05) is 83.8 Å². The third-order valence-corrected chi connectivity index (χ3v) is 15.1. The van der Waals surface area contributed by atoms with E-state index in [-0.39, 0.29) is 36.0 Å². The quantitative estimate of drug-likeness (QED) is 0.156. The molecule has 2 saturated heterocycles. The Morgan fingerprint density at radius 1 is 0.706 bits per heavy atom. The fourth-order valence-corrected chi connectivity index (χ4v) is 11.5. The number of nitrogens with two attached hydrogens (primary N) is 1. The zero-order chi connectivity index (χ0) is 49.7. The highest BCUT2D eigenvalue weighted by molar-refractivity contribution is 7.12. The predicted octanol–water partition coefficient (Wildman–Crippen LogP) is 10.7. The molecule has 0 spiro atoms. The van der Waals surface area contributed by atoms with E-state index in [9.17, 15) is 29.2 Å². The maximum Gasteiger partial charge on any atom is 0.357 e. The summed E-state index contributed by atoms with van der Waals surface area (Å²) in [5.74, 6) is -0.456. The van der Waals surface area contributed by atoms with Crippen molar-refractivity contribution in [1.29, 1.82) is 0 Å². The van der Waals surface area contributed by atoms with Crippen molar-refractivity contribution >= 4 is 63.2 Å². The van der Waals surface area contributed by atoms with Crippen LogP contribution in [0, 0.1) is 13.8 Å². The number of amides is 1. The molecule has 1 amide bonds. The van der Waals surface area contributed by atoms with Crippen LogP contribution in [0.1, 0.15) is 145 Å². The first kappa shape index (κ1) is 53.6. The number of carbonyl (C=O) groups is 5. The van der Waals surface area contributed by atoms with E-state index >= 15 is 0 Å². The minimum absolute atomic E-state index is 0.0961. The third kappa shape index (κ3) is 13.7. The fraction of sp³-hybridized carbons (Fsp3) is 0.426. The summed E-state index contributed by atoms with van der Waals surface area (Å²) >= 11 is 3.21. The van der Waals surface area contributed by atoms with E-state index in [0.29, 0.717) is 67.8 Å². The van der Waals surface area contributed by atoms with Gasteiger partial charge in [-0.3, -0.25) is 14.4 Å². The normalized spacial score (nSPS) is 16.8. The van der Waals surface area contributed by atoms with Crippen molar-refractivity contribution in [2.45, 2.75) is 107 Å². The summed E-state index contributed by atoms with van der Waals surface area (Å²) in [6, 6.07) is 9.04. The number of ether oxygens (including phenoxy) is 1. The second-order valence-corrected chi connectivity index (χ2v) is 19.3. The van der Waals surface area contributed by atoms with Gasteiger partial charge in [-0.1, -0.05) is 66.5 Å². The first-order valence-corrected chi connectivity index (χ1v) is 25.2. The standard InChI is InChI=1S/C23H30N2O3S.C22H25NO4S.C9H13NO/c1-5-18(17-6-8-25(28)9-7-17)22-16(4)20(13-29-22)23(27)24-12-19-15(3)10-14(2)11-21(19)26;1-4-18(20-15(2)19(14-28-20)22(25)26-3)16-10-12-23(13-11-16)27-21(24)17-8-6-5-7-9-17;1-6-3-7(2)8(5-10)9(11)4-6/h10,13,28H,5-9,11-12H2,1-4H3,(H,24,27);5-9,14H,4,10-13H2,1-3H3;3H,4-5,10H2,1-2H3. The Kier molecular flexibility index (Phi) is 20.0. The van der Waals surface area contributed by atoms with Crippen LogP contribution < -0.4 is 11.1 Å². The van der Waals surface area contributed by atoms with Gasteiger partial charge in [0.2, 0.25) is 0 Å². The fourth-order valence-electron chi connectivity index (χ4n) is 9.02. The molecule has 1 aromatic carbocycles. The molecule has 12 nitrogen and oxygen atoms in total. The van der Waals surface area contributed by atoms with Crippen LogP contribution in [0.4, 0.5) is 0 Å². The smallest absolute Gasteiger partial charge is 0.357 e. The molecule has 2 fully saturated rings. The monoisotopic (exact) mass is 964 g/mol. The molecule has 2 aromatic heterocycles. The van der Waals surface area contributed by atoms with Crippen molar-refractivity contribution < 1.29 is 38.8 Å². The third-order valence-electron chi connectivity index (χ3n) is 12.8. The zero-order valence-corrected chi connectivity index (χ0v) is 42.8. The number of hydroxylamine groups is 4. The molecule has 0 unspecified atom stereocenters. The molecular formula is C54H68N4O8S2. The number of ketones is 2. The lowest BCUT2D eigenvalue weighted by Crippen LogP contribution is -2.33. The highest BCUT2D eigenvalue weighted by atomic mass is 32.1. The number of esters is 1. The maximum atomic E-state index is 12.8. The highest BCUT2D eigenvalue weighted by Crippen LogP contribution is 2.38. The SMILES string of the molecule is CC1=CC(C)=C(CN)C(=O)C1.CCC(=C1CCN(O)CC1)c1scc(C(=O)NCC2=C(C)C=C(C)CC2=O)c1C.CCC(=C1CCN(OC(=O)c2ccccc2)CC1)c1scc(C(=O)OC)c1C. The van der Waals surface area contributed by atoms with Gasteiger partial charge >= 0.3 is 11.9 Å². The van der Waals surface area contributed by atoms with Gasteiger partial charge < -0.3 is 25.8 Å². The number of nitrogens with zero attached hydrogens (tertiary/aromatic N) is 2. The van der Waals surface area contributed by atoms with Crippen LogP contribution in [0.3, 0.4) is 0 Å². The summed E-state index contributed by atoms with van der Waals surface area (Å²) in [6.07, 6.45) is 10.3. The predicted molar refractivity (Wildman–Crippen MR) is 273 cm³/mol. The zero-order valence-electron chi connectivity index (χ0n) is 41.2. The summed E-state index contributed by atoms with van der Waals surface area (Å²) in [4.78, 5) is 68.4. The van der Waals surface area contributed by atoms with Crippen molar-refractivity contribution in [3.63, 3.8) is 0 Å². The summed E-state index contributed by atoms with van der Waals surface area (Å²) in [7, 11) is 1.41. The van der Waals surface area contributed by atoms with Crippen molar-refractivity contribution in [2.24, 2.45) is 5.73 Å². The van der Waals surface area contributed by atoms with Crippen LogP contribution in [0.5, 0.6) is 0 Å². The minimum Gasteiger partial charge on any atom is -0.465 e. The Balaban J connectivity index is 0.000000209. The Labute approximate surface area is 409 Å². The van der Waals surface area contributed by atoms with E-state index in [1.807, 2.05) is 82.7 Å². The largest absolute Gasteiger partial charge is 0.465 e. The molecule has 364 valence electrons. The molecule has 0 saturated carbocycles. The molecule has 7 rings (SSSR count). The van der Waals surface area contributed by atoms with Gasteiger partial charge in [0.15, 0.2) is 11.6 Å². The average Bonchev–Trinajstić information content (AvgIpc) is 3.89. The lowest BCUT2D eigenvalue weighted by molar-refractivity contribution is -0.115. The number of Topliss-reactive ketones (excluding diaryl/α,β-unsaturated/α-hetero) is 2. The van der Waals surface area contributed by atoms with Gasteiger partial charge in [-0.05, 0) is 126 Å². The van der Waals surface area contributed by atoms with Crippen LogP contribution in [0.25, 0.3) is 11.1 Å². The van der Waals surface area contributed by atoms with Gasteiger partial charge in [0.05, 0.1) is 23.8 Å². The Bertz CT molecular complexity index is 2550. The topological polar surface area (TPSA) is 169 Å². The van der Waals surface area contributed by atoms with E-state index < -0.39 is 0 Å². The minimum atomic E-state index is -0.319. The van der Waals surface area contributed by atoms with Crippen LogP contribution in [-0.2, 0) is 19.2 Å². The van der Waals surface area contributed by atoms with Gasteiger partial charge in [-0.15, -0.1) is 27.7 Å². The number of hydrogen-bond acceptors (Lipinski definition) is 13. The van der Waals surface area contributed by atoms with Crippen molar-refractivity contribution in [3.05, 3.63) is 135 Å². The summed E-state index contributed by atoms with van der Waals surface area (Å²) in [5, 5.41) is 19.5. The van der Waals surface area contributed by atoms with E-state index in [1.54, 1.807) is 39.9 Å². The van der Waals surface area contributed by atoms with E-state index in [2.05, 4.69) is 19.2 Å². The van der Waals surface area contributed by atoms with Crippen LogP contribution in [-0.4, -0.2) is 91.1 Å². The van der Waals surface area contributed by atoms with Crippen molar-refractivity contribution in [3.8, 4) is 0 Å². The number of methoxy groups -OCH3 is 1. The molecule has 68 heavy (non-hydrogen) atoms. The Morgan fingerprint density at radius 2 is 1.19 bits per heavy atom. The number of nitrogens with one attached hydrogen (secondary N) is 1. The lowest BCUT2D eigenvalue weighted by atomic mass is 9.92. The molecule has 4 aliphatic rings. The molecule has 2 aliphatic heterocycles. The van der Waals surface area contributed by atoms with Gasteiger partial charge in [0.1, 0.15) is 0 Å². The second kappa shape index (κ2) is 25.3. The first-order valence-electron chi connectivity index (χ1n) is 23.4. The van der Waals surface area contributed by atoms with Gasteiger partial charge in [0.25, 0.3) is 5.91 Å². The second-order valence-electron chi connectivity index (χ2n) is 17.6. The van der Waals surface area contributed by atoms with E-state index in [0.717, 1.165) is 82.4 Å². The molecule has 4 heterocycles. The number of piperidine rings is 2. The summed E-state index contributed by atoms with van der Waals surface area (Å²) in [6.45, 7) is 19.3. The number of carbonyl (C=O) groups excluding carboxylic acids is 5. The maximum absolute atomic E-state index is 12.8. The molecule has 0 bridgehead atoms. The number of benzene rings is 1.